The fourth-order valence-electron chi connectivity index (χ4n) is 0.559. The third-order valence-electron chi connectivity index (χ3n) is 0.976. The summed E-state index contributed by atoms with van der Waals surface area (Å²) < 4.78 is 0.655. The summed E-state index contributed by atoms with van der Waals surface area (Å²) >= 11 is 3.06. The number of halogens is 1. The molecule has 0 aromatic heterocycles. The minimum Gasteiger partial charge on any atom is -0.480 e. The average molecular weight is 211 g/mol. The zero-order valence-corrected chi connectivity index (χ0v) is 8.05. The van der Waals surface area contributed by atoms with Gasteiger partial charge in [-0.15, -0.1) is 0 Å². The van der Waals surface area contributed by atoms with Gasteiger partial charge in [0.1, 0.15) is 6.54 Å². The van der Waals surface area contributed by atoms with Gasteiger partial charge in [0.15, 0.2) is 4.83 Å². The molecule has 0 bridgehead atoms. The molecule has 0 aromatic carbocycles. The van der Waals surface area contributed by atoms with E-state index in [2.05, 4.69) is 15.9 Å². The molecule has 10 heavy (non-hydrogen) atoms. The molecule has 0 aliphatic carbocycles. The summed E-state index contributed by atoms with van der Waals surface area (Å²) in [5, 5.41) is 8.49. The standard InChI is InChI=1S/C6H12BrNO2/c1-8(2,3)4-5(7)6(9)10/h5H,4H2,1-3H3/p+1. The number of aliphatic carboxylic acids is 1. The number of hydrogen-bond donors (Lipinski definition) is 1. The Morgan fingerprint density at radius 1 is 1.60 bits per heavy atom. The number of rotatable bonds is 3. The SMILES string of the molecule is C[N+](C)(C)CC(Br)C(=O)O. The monoisotopic (exact) mass is 210 g/mol. The third kappa shape index (κ3) is 4.76. The molecular formula is C6H13BrNO2+. The van der Waals surface area contributed by atoms with Crippen molar-refractivity contribution in [3.05, 3.63) is 0 Å². The van der Waals surface area contributed by atoms with E-state index in [0.717, 1.165) is 0 Å². The fraction of sp³-hybridized carbons (Fsp3) is 0.833. The predicted octanol–water partition coefficient (Wildman–Crippen LogP) is 0.541. The molecule has 0 heterocycles. The van der Waals surface area contributed by atoms with Crippen LogP contribution in [0.25, 0.3) is 0 Å². The molecule has 0 saturated heterocycles. The van der Waals surface area contributed by atoms with Crippen molar-refractivity contribution in [3.63, 3.8) is 0 Å². The Morgan fingerprint density at radius 2 is 2.00 bits per heavy atom. The molecule has 1 unspecified atom stereocenters. The van der Waals surface area contributed by atoms with Crippen LogP contribution >= 0.6 is 15.9 Å². The first-order chi connectivity index (χ1) is 4.33. The van der Waals surface area contributed by atoms with Crippen LogP contribution in [0, 0.1) is 0 Å². The van der Waals surface area contributed by atoms with Gasteiger partial charge in [-0.2, -0.15) is 0 Å². The van der Waals surface area contributed by atoms with E-state index in [0.29, 0.717) is 11.0 Å². The largest absolute Gasteiger partial charge is 0.480 e. The van der Waals surface area contributed by atoms with E-state index in [1.165, 1.54) is 0 Å². The maximum absolute atomic E-state index is 10.3. The molecule has 0 radical (unpaired) electrons. The highest BCUT2D eigenvalue weighted by molar-refractivity contribution is 9.10. The summed E-state index contributed by atoms with van der Waals surface area (Å²) in [6, 6.07) is 0. The number of quaternary nitrogens is 1. The number of hydrogen-bond acceptors (Lipinski definition) is 1. The van der Waals surface area contributed by atoms with E-state index in [9.17, 15) is 4.79 Å². The van der Waals surface area contributed by atoms with Gasteiger partial charge in [0, 0.05) is 0 Å². The molecule has 1 atom stereocenters. The van der Waals surface area contributed by atoms with Gasteiger partial charge < -0.3 is 9.59 Å². The molecule has 0 saturated carbocycles. The second-order valence-corrected chi connectivity index (χ2v) is 4.38. The zero-order valence-electron chi connectivity index (χ0n) is 6.47. The van der Waals surface area contributed by atoms with Crippen LogP contribution < -0.4 is 0 Å². The smallest absolute Gasteiger partial charge is 0.323 e. The van der Waals surface area contributed by atoms with Crippen molar-refractivity contribution in [2.75, 3.05) is 27.7 Å². The van der Waals surface area contributed by atoms with Crippen LogP contribution in [-0.2, 0) is 4.79 Å². The lowest BCUT2D eigenvalue weighted by molar-refractivity contribution is -0.868. The van der Waals surface area contributed by atoms with Gasteiger partial charge >= 0.3 is 5.97 Å². The van der Waals surface area contributed by atoms with Crippen LogP contribution in [0.4, 0.5) is 0 Å². The van der Waals surface area contributed by atoms with E-state index >= 15 is 0 Å². The van der Waals surface area contributed by atoms with Gasteiger partial charge in [0.25, 0.3) is 0 Å². The first kappa shape index (κ1) is 9.91. The van der Waals surface area contributed by atoms with Crippen molar-refractivity contribution in [2.45, 2.75) is 4.83 Å². The summed E-state index contributed by atoms with van der Waals surface area (Å²) in [6.07, 6.45) is 0. The van der Waals surface area contributed by atoms with E-state index in [1.807, 2.05) is 21.1 Å². The first-order valence-electron chi connectivity index (χ1n) is 3.00. The highest BCUT2D eigenvalue weighted by Crippen LogP contribution is 2.04. The molecule has 3 nitrogen and oxygen atoms in total. The molecule has 0 spiro atoms. The number of alkyl halides is 1. The Balaban J connectivity index is 3.80. The normalized spacial score (nSPS) is 14.8. The second-order valence-electron chi connectivity index (χ2n) is 3.28. The molecule has 0 aliphatic heterocycles. The summed E-state index contributed by atoms with van der Waals surface area (Å²) in [5.41, 5.74) is 0. The Bertz CT molecular complexity index is 130. The fourth-order valence-corrected chi connectivity index (χ4v) is 1.43. The maximum Gasteiger partial charge on any atom is 0.323 e. The number of carbonyl (C=O) groups is 1. The number of carboxylic acid groups (broad SMARTS) is 1. The zero-order chi connectivity index (χ0) is 8.36. The summed E-state index contributed by atoms with van der Waals surface area (Å²) in [7, 11) is 5.87. The number of carboxylic acids is 1. The molecule has 0 fully saturated rings. The van der Waals surface area contributed by atoms with Crippen LogP contribution in [0.3, 0.4) is 0 Å². The molecular weight excluding hydrogens is 198 g/mol. The summed E-state index contributed by atoms with van der Waals surface area (Å²) in [6.45, 7) is 0.593. The molecule has 0 aliphatic rings. The molecule has 0 amide bonds. The first-order valence-corrected chi connectivity index (χ1v) is 3.92. The molecule has 0 aromatic rings. The lowest BCUT2D eigenvalue weighted by atomic mass is 10.4. The van der Waals surface area contributed by atoms with Crippen molar-refractivity contribution in [1.82, 2.24) is 0 Å². The van der Waals surface area contributed by atoms with Gasteiger partial charge in [0.05, 0.1) is 21.1 Å². The highest BCUT2D eigenvalue weighted by Gasteiger charge is 2.20. The topological polar surface area (TPSA) is 37.3 Å². The Morgan fingerprint density at radius 3 is 2.10 bits per heavy atom. The van der Waals surface area contributed by atoms with E-state index < -0.39 is 10.8 Å². The quantitative estimate of drug-likeness (QED) is 0.546. The predicted molar refractivity (Wildman–Crippen MR) is 43.3 cm³/mol. The molecule has 0 rings (SSSR count). The Kier molecular flexibility index (Phi) is 3.31. The van der Waals surface area contributed by atoms with Crippen molar-refractivity contribution >= 4 is 21.9 Å². The van der Waals surface area contributed by atoms with Crippen LogP contribution in [-0.4, -0.2) is 48.1 Å². The van der Waals surface area contributed by atoms with Crippen LogP contribution in [0.1, 0.15) is 0 Å². The minimum atomic E-state index is -0.798. The van der Waals surface area contributed by atoms with Gasteiger partial charge in [-0.1, -0.05) is 15.9 Å². The lowest BCUT2D eigenvalue weighted by Crippen LogP contribution is -2.41. The van der Waals surface area contributed by atoms with Crippen molar-refractivity contribution in [2.24, 2.45) is 0 Å². The van der Waals surface area contributed by atoms with Crippen molar-refractivity contribution < 1.29 is 14.4 Å². The average Bonchev–Trinajstić information content (AvgIpc) is 1.60. The van der Waals surface area contributed by atoms with Crippen LogP contribution in [0.15, 0.2) is 0 Å². The van der Waals surface area contributed by atoms with E-state index in [1.54, 1.807) is 0 Å². The van der Waals surface area contributed by atoms with Gasteiger partial charge in [0.2, 0.25) is 0 Å². The second kappa shape index (κ2) is 3.34. The third-order valence-corrected chi connectivity index (χ3v) is 1.66. The van der Waals surface area contributed by atoms with Gasteiger partial charge in [-0.05, 0) is 0 Å². The minimum absolute atomic E-state index is 0.438. The lowest BCUT2D eigenvalue weighted by Gasteiger charge is -2.24. The van der Waals surface area contributed by atoms with Gasteiger partial charge in [-0.25, -0.2) is 0 Å². The van der Waals surface area contributed by atoms with E-state index in [-0.39, 0.29) is 0 Å². The molecule has 4 heteroatoms. The highest BCUT2D eigenvalue weighted by atomic mass is 79.9. The maximum atomic E-state index is 10.3. The van der Waals surface area contributed by atoms with Crippen molar-refractivity contribution in [3.8, 4) is 0 Å². The Labute approximate surface area is 69.4 Å². The van der Waals surface area contributed by atoms with Crippen molar-refractivity contribution in [1.29, 1.82) is 0 Å². The molecule has 60 valence electrons. The summed E-state index contributed by atoms with van der Waals surface area (Å²) in [5.74, 6) is -0.798. The van der Waals surface area contributed by atoms with E-state index in [4.69, 9.17) is 5.11 Å². The number of nitrogens with zero attached hydrogens (tertiary/aromatic N) is 1. The van der Waals surface area contributed by atoms with Crippen LogP contribution in [0.2, 0.25) is 0 Å². The van der Waals surface area contributed by atoms with Gasteiger partial charge in [-0.3, -0.25) is 4.79 Å². The Hall–Kier alpha value is -0.0900. The molecule has 1 N–H and O–H groups in total. The van der Waals surface area contributed by atoms with Crippen LogP contribution in [0.5, 0.6) is 0 Å². The summed E-state index contributed by atoms with van der Waals surface area (Å²) in [4.78, 5) is 9.88.